The minimum Gasteiger partial charge on any atom is -0.508 e. The zero-order valence-corrected chi connectivity index (χ0v) is 21.6. The Hall–Kier alpha value is -1.96. The number of aromatic hydroxyl groups is 2. The lowest BCUT2D eigenvalue weighted by atomic mass is 9.57. The Labute approximate surface area is 206 Å². The minimum atomic E-state index is 0.0520. The minimum absolute atomic E-state index is 0.0520. The maximum atomic E-state index is 10.0. The van der Waals surface area contributed by atoms with Crippen molar-refractivity contribution < 1.29 is 10.2 Å². The van der Waals surface area contributed by atoms with E-state index in [4.69, 9.17) is 0 Å². The van der Waals surface area contributed by atoms with Gasteiger partial charge in [0.1, 0.15) is 11.5 Å². The smallest absolute Gasteiger partial charge is 0.115 e. The lowest BCUT2D eigenvalue weighted by Gasteiger charge is -2.46. The van der Waals surface area contributed by atoms with Crippen LogP contribution in [0.15, 0.2) is 48.5 Å². The standard InChI is InChI=1S/C27H30O2.C3H8.C2H6/c28-21-9-5-19(6-10-21)27(20-7-11-22(29)12-8-20)25-17-3-1-15(13-17)23(25)24-16-2-4-18(14-16)26(24)27;1-3-2;1-2/h5-12,15-18,23-26,28-29H,1-4,13-14H2;3H2,1-2H3;1-2H3. The van der Waals surface area contributed by atoms with E-state index in [-0.39, 0.29) is 5.41 Å². The van der Waals surface area contributed by atoms with E-state index >= 15 is 0 Å². The Morgan fingerprint density at radius 3 is 1.29 bits per heavy atom. The SMILES string of the molecule is CC.CCC.Oc1ccc(C2(c3ccc(O)cc3)C3C4CCC(C4)C3C3C4CCC(C4)C32)cc1. The summed E-state index contributed by atoms with van der Waals surface area (Å²) in [5, 5.41) is 20.1. The average molecular weight is 461 g/mol. The zero-order valence-electron chi connectivity index (χ0n) is 21.6. The molecule has 184 valence electrons. The maximum Gasteiger partial charge on any atom is 0.115 e. The fourth-order valence-corrected chi connectivity index (χ4v) is 9.76. The van der Waals surface area contributed by atoms with Crippen LogP contribution in [0.1, 0.15) is 83.8 Å². The number of phenols is 2. The Morgan fingerprint density at radius 2 is 0.941 bits per heavy atom. The van der Waals surface area contributed by atoms with Crippen molar-refractivity contribution in [3.05, 3.63) is 59.7 Å². The van der Waals surface area contributed by atoms with Crippen molar-refractivity contribution in [1.82, 2.24) is 0 Å². The summed E-state index contributed by atoms with van der Waals surface area (Å²) in [5.41, 5.74) is 2.89. The van der Waals surface area contributed by atoms with Gasteiger partial charge in [0.15, 0.2) is 0 Å². The molecular formula is C32H44O2. The highest BCUT2D eigenvalue weighted by molar-refractivity contribution is 5.49. The molecule has 2 N–H and O–H groups in total. The molecule has 2 aromatic rings. The van der Waals surface area contributed by atoms with Gasteiger partial charge in [-0.2, -0.15) is 0 Å². The molecule has 5 fully saturated rings. The van der Waals surface area contributed by atoms with E-state index in [1.54, 1.807) is 0 Å². The zero-order chi connectivity index (χ0) is 24.0. The number of rotatable bonds is 2. The van der Waals surface area contributed by atoms with Crippen molar-refractivity contribution in [2.24, 2.45) is 47.3 Å². The second kappa shape index (κ2) is 9.25. The fraction of sp³-hybridized carbons (Fsp3) is 0.625. The van der Waals surface area contributed by atoms with Crippen molar-refractivity contribution in [2.75, 3.05) is 0 Å². The van der Waals surface area contributed by atoms with E-state index in [2.05, 4.69) is 38.1 Å². The predicted octanol–water partition coefficient (Wildman–Crippen LogP) is 8.16. The number of benzene rings is 2. The molecule has 2 aromatic carbocycles. The molecule has 34 heavy (non-hydrogen) atoms. The maximum absolute atomic E-state index is 10.0. The van der Waals surface area contributed by atoms with Crippen LogP contribution in [0.2, 0.25) is 0 Å². The summed E-state index contributed by atoms with van der Waals surface area (Å²) < 4.78 is 0. The summed E-state index contributed by atoms with van der Waals surface area (Å²) >= 11 is 0. The third-order valence-corrected chi connectivity index (χ3v) is 10.1. The highest BCUT2D eigenvalue weighted by atomic mass is 16.3. The molecule has 0 heterocycles. The topological polar surface area (TPSA) is 40.5 Å². The summed E-state index contributed by atoms with van der Waals surface area (Å²) in [6.45, 7) is 8.25. The van der Waals surface area contributed by atoms with E-state index in [1.165, 1.54) is 56.1 Å². The van der Waals surface area contributed by atoms with Gasteiger partial charge < -0.3 is 10.2 Å². The first-order chi connectivity index (χ1) is 16.6. The van der Waals surface area contributed by atoms with Gasteiger partial charge >= 0.3 is 0 Å². The molecule has 2 heteroatoms. The number of hydrogen-bond donors (Lipinski definition) is 2. The molecule has 4 bridgehead atoms. The largest absolute Gasteiger partial charge is 0.508 e. The molecule has 0 amide bonds. The molecule has 7 rings (SSSR count). The van der Waals surface area contributed by atoms with E-state index in [0.717, 1.165) is 47.3 Å². The van der Waals surface area contributed by atoms with Crippen LogP contribution in [0.5, 0.6) is 11.5 Å². The van der Waals surface area contributed by atoms with Crippen molar-refractivity contribution >= 4 is 0 Å². The Kier molecular flexibility index (Phi) is 6.46. The number of phenolic OH excluding ortho intramolecular Hbond substituents is 2. The molecule has 0 radical (unpaired) electrons. The van der Waals surface area contributed by atoms with Gasteiger partial charge in [0, 0.05) is 5.41 Å². The summed E-state index contributed by atoms with van der Waals surface area (Å²) in [6.07, 6.45) is 9.83. The summed E-state index contributed by atoms with van der Waals surface area (Å²) in [4.78, 5) is 0. The molecule has 0 aromatic heterocycles. The summed E-state index contributed by atoms with van der Waals surface area (Å²) in [7, 11) is 0. The van der Waals surface area contributed by atoms with Crippen molar-refractivity contribution in [3.63, 3.8) is 0 Å². The van der Waals surface area contributed by atoms with E-state index in [1.807, 2.05) is 38.1 Å². The van der Waals surface area contributed by atoms with Crippen LogP contribution >= 0.6 is 0 Å². The number of fused-ring (bicyclic) bond motifs is 11. The van der Waals surface area contributed by atoms with Crippen molar-refractivity contribution in [2.45, 2.75) is 78.1 Å². The third kappa shape index (κ3) is 3.27. The third-order valence-electron chi connectivity index (χ3n) is 10.1. The van der Waals surface area contributed by atoms with Gasteiger partial charge in [-0.25, -0.2) is 0 Å². The van der Waals surface area contributed by atoms with Crippen molar-refractivity contribution in [1.29, 1.82) is 0 Å². The molecule has 8 unspecified atom stereocenters. The van der Waals surface area contributed by atoms with Crippen LogP contribution in [0.4, 0.5) is 0 Å². The normalized spacial score (nSPS) is 37.3. The molecule has 8 atom stereocenters. The van der Waals surface area contributed by atoms with Crippen LogP contribution < -0.4 is 0 Å². The molecule has 5 aliphatic carbocycles. The second-order valence-corrected chi connectivity index (χ2v) is 11.5. The van der Waals surface area contributed by atoms with E-state index in [0.29, 0.717) is 11.5 Å². The second-order valence-electron chi connectivity index (χ2n) is 11.5. The van der Waals surface area contributed by atoms with Crippen molar-refractivity contribution in [3.8, 4) is 11.5 Å². The lowest BCUT2D eigenvalue weighted by Crippen LogP contribution is -2.44. The average Bonchev–Trinajstić information content (AvgIpc) is 3.66. The van der Waals surface area contributed by atoms with Gasteiger partial charge in [-0.1, -0.05) is 58.4 Å². The van der Waals surface area contributed by atoms with E-state index < -0.39 is 0 Å². The molecule has 5 aliphatic rings. The first-order valence-electron chi connectivity index (χ1n) is 14.2. The monoisotopic (exact) mass is 460 g/mol. The van der Waals surface area contributed by atoms with Gasteiger partial charge in [0.2, 0.25) is 0 Å². The van der Waals surface area contributed by atoms with Gasteiger partial charge in [-0.15, -0.1) is 0 Å². The van der Waals surface area contributed by atoms with Gasteiger partial charge in [-0.3, -0.25) is 0 Å². The van der Waals surface area contributed by atoms with Crippen LogP contribution in [0, 0.1) is 47.3 Å². The highest BCUT2D eigenvalue weighted by Crippen LogP contribution is 2.78. The Bertz CT molecular complexity index is 882. The molecule has 0 spiro atoms. The van der Waals surface area contributed by atoms with E-state index in [9.17, 15) is 10.2 Å². The highest BCUT2D eigenvalue weighted by Gasteiger charge is 2.73. The summed E-state index contributed by atoms with van der Waals surface area (Å²) in [6, 6.07) is 16.5. The van der Waals surface area contributed by atoms with Crippen LogP contribution in [-0.2, 0) is 5.41 Å². The molecule has 0 aliphatic heterocycles. The molecular weight excluding hydrogens is 416 g/mol. The molecule has 5 saturated carbocycles. The Balaban J connectivity index is 0.000000449. The first kappa shape index (κ1) is 23.8. The number of hydrogen-bond acceptors (Lipinski definition) is 2. The van der Waals surface area contributed by atoms with Gasteiger partial charge in [0.25, 0.3) is 0 Å². The Morgan fingerprint density at radius 1 is 0.618 bits per heavy atom. The van der Waals surface area contributed by atoms with Gasteiger partial charge in [0.05, 0.1) is 0 Å². The van der Waals surface area contributed by atoms with Crippen LogP contribution in [-0.4, -0.2) is 10.2 Å². The lowest BCUT2D eigenvalue weighted by molar-refractivity contribution is 0.153. The fourth-order valence-electron chi connectivity index (χ4n) is 9.76. The van der Waals surface area contributed by atoms with Crippen LogP contribution in [0.3, 0.4) is 0 Å². The van der Waals surface area contributed by atoms with Gasteiger partial charge in [-0.05, 0) is 121 Å². The predicted molar refractivity (Wildman–Crippen MR) is 140 cm³/mol. The summed E-state index contributed by atoms with van der Waals surface area (Å²) in [5.74, 6) is 7.52. The first-order valence-corrected chi connectivity index (χ1v) is 14.2. The van der Waals surface area contributed by atoms with Crippen LogP contribution in [0.25, 0.3) is 0 Å². The quantitative estimate of drug-likeness (QED) is 0.474. The molecule has 0 saturated heterocycles. The molecule has 2 nitrogen and oxygen atoms in total.